The molecule has 0 aliphatic heterocycles. The average Bonchev–Trinajstić information content (AvgIpc) is 2.42. The molecule has 0 fully saturated rings. The topological polar surface area (TPSA) is 0 Å². The molecule has 0 atom stereocenters. The van der Waals surface area contributed by atoms with Crippen LogP contribution in [0.5, 0.6) is 0 Å². The van der Waals surface area contributed by atoms with Crippen molar-refractivity contribution < 1.29 is 0 Å². The maximum atomic E-state index is 2.31. The van der Waals surface area contributed by atoms with E-state index in [2.05, 4.69) is 48.9 Å². The van der Waals surface area contributed by atoms with Crippen LogP contribution < -0.4 is 0 Å². The van der Waals surface area contributed by atoms with Crippen molar-refractivity contribution in [3.05, 3.63) is 35.4 Å². The molecule has 18 heavy (non-hydrogen) atoms. The molecule has 0 amide bonds. The van der Waals surface area contributed by atoms with E-state index in [0.717, 1.165) is 5.09 Å². The Labute approximate surface area is 123 Å². The molecule has 0 N–H and O–H groups in total. The van der Waals surface area contributed by atoms with Gasteiger partial charge < -0.3 is 0 Å². The number of rotatable bonds is 10. The fourth-order valence-corrected chi connectivity index (χ4v) is 2.40. The number of aryl methyl sites for hydroxylation is 1. The van der Waals surface area contributed by atoms with Gasteiger partial charge in [-0.05, 0) is 0 Å². The van der Waals surface area contributed by atoms with E-state index in [4.69, 9.17) is 0 Å². The van der Waals surface area contributed by atoms with E-state index in [1.54, 1.807) is 0 Å². The second-order valence-electron chi connectivity index (χ2n) is 5.39. The van der Waals surface area contributed by atoms with Crippen LogP contribution >= 0.6 is 0 Å². The summed E-state index contributed by atoms with van der Waals surface area (Å²) in [5, 5.41) is 1.15. The Morgan fingerprint density at radius 2 is 1.22 bits per heavy atom. The van der Waals surface area contributed by atoms with Gasteiger partial charge in [0.15, 0.2) is 0 Å². The summed E-state index contributed by atoms with van der Waals surface area (Å²) in [5.41, 5.74) is 2.97. The molecule has 1 aromatic rings. The van der Waals surface area contributed by atoms with Gasteiger partial charge in [-0.1, -0.05) is 19.8 Å². The zero-order valence-electron chi connectivity index (χ0n) is 12.4. The van der Waals surface area contributed by atoms with Gasteiger partial charge in [-0.15, -0.1) is 0 Å². The standard InChI is InChI=1S/C17H27.Li/c1-3-4-5-6-7-8-9-10-11-17-14-12-16(2)13-15-17;/h12-15H,2-11H2,1H3;. The molecule has 0 radical (unpaired) electrons. The van der Waals surface area contributed by atoms with Gasteiger partial charge in [0.05, 0.1) is 0 Å². The van der Waals surface area contributed by atoms with Crippen LogP contribution in [0.1, 0.15) is 69.4 Å². The van der Waals surface area contributed by atoms with Crippen molar-refractivity contribution in [2.75, 3.05) is 0 Å². The van der Waals surface area contributed by atoms with Gasteiger partial charge in [0.1, 0.15) is 0 Å². The van der Waals surface area contributed by atoms with Crippen LogP contribution in [0.2, 0.25) is 0 Å². The molecule has 0 aliphatic rings. The van der Waals surface area contributed by atoms with Crippen molar-refractivity contribution in [3.63, 3.8) is 0 Å². The van der Waals surface area contributed by atoms with Crippen molar-refractivity contribution >= 4 is 17.7 Å². The number of hydrogen-bond acceptors (Lipinski definition) is 0. The summed E-state index contributed by atoms with van der Waals surface area (Å²) in [4.78, 5) is 0. The Morgan fingerprint density at radius 1 is 0.722 bits per heavy atom. The van der Waals surface area contributed by atoms with Gasteiger partial charge in [0.25, 0.3) is 0 Å². The predicted octanol–water partition coefficient (Wildman–Crippen LogP) is 5.04. The Kier molecular flexibility index (Phi) is 9.45. The maximum absolute atomic E-state index is 2.31. The molecule has 0 spiro atoms. The third-order valence-corrected chi connectivity index (χ3v) is 3.75. The molecular formula is C17H27Li. The first-order valence-corrected chi connectivity index (χ1v) is 7.94. The molecule has 0 saturated carbocycles. The van der Waals surface area contributed by atoms with Crippen molar-refractivity contribution in [2.24, 2.45) is 0 Å². The normalized spacial score (nSPS) is 10.8. The van der Waals surface area contributed by atoms with Crippen LogP contribution in [-0.2, 0) is 11.5 Å². The van der Waals surface area contributed by atoms with Crippen LogP contribution in [0.4, 0.5) is 0 Å². The van der Waals surface area contributed by atoms with Gasteiger partial charge >= 0.3 is 103 Å². The molecular weight excluding hydrogens is 211 g/mol. The van der Waals surface area contributed by atoms with Gasteiger partial charge in [-0.3, -0.25) is 0 Å². The zero-order chi connectivity index (χ0) is 13.1. The Morgan fingerprint density at radius 3 is 1.78 bits per heavy atom. The van der Waals surface area contributed by atoms with Crippen molar-refractivity contribution in [2.45, 2.75) is 69.8 Å². The minimum absolute atomic E-state index is 1.15. The summed E-state index contributed by atoms with van der Waals surface area (Å²) in [6.07, 6.45) is 12.6. The van der Waals surface area contributed by atoms with Gasteiger partial charge in [0, 0.05) is 0 Å². The monoisotopic (exact) mass is 238 g/mol. The average molecular weight is 238 g/mol. The molecule has 0 aliphatic carbocycles. The summed E-state index contributed by atoms with van der Waals surface area (Å²) in [6.45, 7) is 2.28. The van der Waals surface area contributed by atoms with Crippen LogP contribution in [0.3, 0.4) is 0 Å². The minimum atomic E-state index is 1.15. The predicted molar refractivity (Wildman–Crippen MR) is 82.2 cm³/mol. The summed E-state index contributed by atoms with van der Waals surface area (Å²) in [6, 6.07) is 9.17. The van der Waals surface area contributed by atoms with Crippen molar-refractivity contribution in [1.82, 2.24) is 0 Å². The summed E-state index contributed by atoms with van der Waals surface area (Å²) >= 11 is 2.22. The van der Waals surface area contributed by atoms with Crippen molar-refractivity contribution in [3.8, 4) is 0 Å². The zero-order valence-corrected chi connectivity index (χ0v) is 12.4. The Bertz CT molecular complexity index is 289. The molecule has 1 aromatic carbocycles. The quantitative estimate of drug-likeness (QED) is 0.396. The number of benzene rings is 1. The first-order chi connectivity index (χ1) is 8.86. The molecule has 1 rings (SSSR count). The van der Waals surface area contributed by atoms with Gasteiger partial charge in [-0.2, -0.15) is 0 Å². The van der Waals surface area contributed by atoms with Crippen LogP contribution in [0, 0.1) is 0 Å². The van der Waals surface area contributed by atoms with Crippen molar-refractivity contribution in [1.29, 1.82) is 0 Å². The summed E-state index contributed by atoms with van der Waals surface area (Å²) in [7, 11) is 0. The molecule has 0 heterocycles. The second-order valence-corrected chi connectivity index (χ2v) is 5.39. The fourth-order valence-electron chi connectivity index (χ4n) is 2.40. The Hall–Kier alpha value is -0.183. The van der Waals surface area contributed by atoms with Crippen LogP contribution in [0.25, 0.3) is 0 Å². The van der Waals surface area contributed by atoms with E-state index in [0.29, 0.717) is 0 Å². The number of hydrogen-bond donors (Lipinski definition) is 0. The molecule has 0 bridgehead atoms. The third kappa shape index (κ3) is 7.30. The van der Waals surface area contributed by atoms with E-state index in [9.17, 15) is 0 Å². The van der Waals surface area contributed by atoms with E-state index >= 15 is 0 Å². The summed E-state index contributed by atoms with van der Waals surface area (Å²) < 4.78 is 0. The van der Waals surface area contributed by atoms with Crippen LogP contribution in [-0.4, -0.2) is 17.7 Å². The molecule has 0 saturated heterocycles. The molecule has 0 unspecified atom stereocenters. The molecule has 96 valence electrons. The molecule has 0 aromatic heterocycles. The Balaban J connectivity index is 2.00. The first-order valence-electron chi connectivity index (χ1n) is 7.94. The fraction of sp³-hybridized carbons (Fsp3) is 0.647. The van der Waals surface area contributed by atoms with E-state index in [1.165, 1.54) is 68.9 Å². The van der Waals surface area contributed by atoms with Gasteiger partial charge in [-0.25, -0.2) is 0 Å². The molecule has 0 nitrogen and oxygen atoms in total. The van der Waals surface area contributed by atoms with E-state index in [-0.39, 0.29) is 0 Å². The first kappa shape index (κ1) is 15.9. The number of unbranched alkanes of at least 4 members (excludes halogenated alkanes) is 7. The SMILES string of the molecule is [Li][CH2]c1ccc(CCCCCCCCCC)cc1. The molecule has 1 heteroatoms. The van der Waals surface area contributed by atoms with E-state index in [1.807, 2.05) is 0 Å². The third-order valence-electron chi connectivity index (χ3n) is 3.75. The van der Waals surface area contributed by atoms with Crippen LogP contribution in [0.15, 0.2) is 24.3 Å². The second kappa shape index (κ2) is 10.7. The van der Waals surface area contributed by atoms with E-state index < -0.39 is 0 Å². The van der Waals surface area contributed by atoms with Gasteiger partial charge in [0.2, 0.25) is 0 Å². The summed E-state index contributed by atoms with van der Waals surface area (Å²) in [5.74, 6) is 0.